The molecule has 2 N–H and O–H groups in total. The van der Waals surface area contributed by atoms with Gasteiger partial charge in [0.05, 0.1) is 25.8 Å². The Hall–Kier alpha value is -3.01. The van der Waals surface area contributed by atoms with Crippen LogP contribution in [0.2, 0.25) is 5.02 Å². The lowest BCUT2D eigenvalue weighted by Crippen LogP contribution is -2.15. The lowest BCUT2D eigenvalue weighted by molar-refractivity contribution is 0.102. The summed E-state index contributed by atoms with van der Waals surface area (Å²) >= 11 is 7.43. The fraction of sp³-hybridized carbons (Fsp3) is 0. The number of carbonyl (C=O) groups is 1. The average molecular weight is 462 g/mol. The summed E-state index contributed by atoms with van der Waals surface area (Å²) in [7, 11) is -4.01. The van der Waals surface area contributed by atoms with Crippen LogP contribution in [-0.4, -0.2) is 19.3 Å². The molecule has 0 unspecified atom stereocenters. The van der Waals surface area contributed by atoms with Crippen LogP contribution >= 0.6 is 22.9 Å². The number of halogens is 2. The third kappa shape index (κ3) is 4.28. The minimum absolute atomic E-state index is 0.0259. The van der Waals surface area contributed by atoms with Gasteiger partial charge in [0.15, 0.2) is 5.13 Å². The van der Waals surface area contributed by atoms with Gasteiger partial charge in [0.25, 0.3) is 15.9 Å². The van der Waals surface area contributed by atoms with Crippen molar-refractivity contribution >= 4 is 59.9 Å². The van der Waals surface area contributed by atoms with E-state index in [1.54, 1.807) is 0 Å². The summed E-state index contributed by atoms with van der Waals surface area (Å²) < 4.78 is 41.4. The van der Waals surface area contributed by atoms with E-state index in [-0.39, 0.29) is 21.2 Å². The van der Waals surface area contributed by atoms with Crippen LogP contribution < -0.4 is 10.0 Å². The van der Waals surface area contributed by atoms with Gasteiger partial charge in [-0.1, -0.05) is 35.1 Å². The van der Waals surface area contributed by atoms with Gasteiger partial charge in [-0.3, -0.25) is 14.8 Å². The van der Waals surface area contributed by atoms with Gasteiger partial charge in [-0.15, -0.1) is 0 Å². The fourth-order valence-corrected chi connectivity index (χ4v) is 4.81. The standard InChI is InChI=1S/C20H13ClFN3O3S2/c21-15-10-5-12(19(26)24-20-23-16-3-1-2-4-18(16)29-20)11-17(15)25-30(27,28)14-8-6-13(22)7-9-14/h1-11,25H,(H,23,24,26). The second kappa shape index (κ2) is 8.02. The van der Waals surface area contributed by atoms with E-state index in [2.05, 4.69) is 15.0 Å². The highest BCUT2D eigenvalue weighted by molar-refractivity contribution is 7.92. The van der Waals surface area contributed by atoms with Crippen molar-refractivity contribution < 1.29 is 17.6 Å². The van der Waals surface area contributed by atoms with Crippen molar-refractivity contribution in [2.24, 2.45) is 0 Å². The summed E-state index contributed by atoms with van der Waals surface area (Å²) in [5.74, 6) is -1.02. The molecule has 0 saturated carbocycles. The van der Waals surface area contributed by atoms with E-state index in [1.165, 1.54) is 29.5 Å². The van der Waals surface area contributed by atoms with Gasteiger partial charge in [0, 0.05) is 5.56 Å². The van der Waals surface area contributed by atoms with Gasteiger partial charge in [0.1, 0.15) is 5.82 Å². The van der Waals surface area contributed by atoms with Gasteiger partial charge in [-0.25, -0.2) is 17.8 Å². The maximum Gasteiger partial charge on any atom is 0.261 e. The van der Waals surface area contributed by atoms with Crippen LogP contribution in [-0.2, 0) is 10.0 Å². The van der Waals surface area contributed by atoms with E-state index >= 15 is 0 Å². The smallest absolute Gasteiger partial charge is 0.261 e. The highest BCUT2D eigenvalue weighted by Gasteiger charge is 2.18. The number of hydrogen-bond acceptors (Lipinski definition) is 5. The Morgan fingerprint density at radius 3 is 2.50 bits per heavy atom. The van der Waals surface area contributed by atoms with Crippen molar-refractivity contribution in [3.63, 3.8) is 0 Å². The number of amides is 1. The monoisotopic (exact) mass is 461 g/mol. The molecule has 0 fully saturated rings. The van der Waals surface area contributed by atoms with Gasteiger partial charge in [-0.05, 0) is 54.6 Å². The molecule has 0 aliphatic carbocycles. The van der Waals surface area contributed by atoms with E-state index in [0.29, 0.717) is 5.13 Å². The molecule has 0 atom stereocenters. The lowest BCUT2D eigenvalue weighted by atomic mass is 10.2. The van der Waals surface area contributed by atoms with Crippen molar-refractivity contribution in [2.45, 2.75) is 4.90 Å². The molecule has 4 rings (SSSR count). The molecule has 1 heterocycles. The van der Waals surface area contributed by atoms with Crippen LogP contribution in [0, 0.1) is 5.82 Å². The second-order valence-electron chi connectivity index (χ2n) is 6.19. The Kier molecular flexibility index (Phi) is 5.42. The van der Waals surface area contributed by atoms with E-state index in [0.717, 1.165) is 34.5 Å². The Labute approximate surface area is 180 Å². The molecule has 30 heavy (non-hydrogen) atoms. The summed E-state index contributed by atoms with van der Waals surface area (Å²) in [6.45, 7) is 0. The van der Waals surface area contributed by atoms with Crippen LogP contribution in [0.3, 0.4) is 0 Å². The van der Waals surface area contributed by atoms with Crippen LogP contribution in [0.4, 0.5) is 15.2 Å². The fourth-order valence-electron chi connectivity index (χ4n) is 2.66. The van der Waals surface area contributed by atoms with Crippen LogP contribution in [0.15, 0.2) is 71.6 Å². The van der Waals surface area contributed by atoms with Crippen molar-refractivity contribution in [2.75, 3.05) is 10.0 Å². The first-order valence-electron chi connectivity index (χ1n) is 8.57. The molecular formula is C20H13ClFN3O3S2. The maximum absolute atomic E-state index is 13.1. The Balaban J connectivity index is 1.57. The average Bonchev–Trinajstić information content (AvgIpc) is 3.12. The number of anilines is 2. The molecule has 10 heteroatoms. The first-order valence-corrected chi connectivity index (χ1v) is 11.2. The zero-order valence-corrected chi connectivity index (χ0v) is 17.5. The lowest BCUT2D eigenvalue weighted by Gasteiger charge is -2.11. The summed E-state index contributed by atoms with van der Waals surface area (Å²) in [6, 6.07) is 16.0. The quantitative estimate of drug-likeness (QED) is 0.430. The molecule has 0 bridgehead atoms. The number of hydrogen-bond donors (Lipinski definition) is 2. The number of fused-ring (bicyclic) bond motifs is 1. The van der Waals surface area contributed by atoms with Crippen LogP contribution in [0.25, 0.3) is 10.2 Å². The van der Waals surface area contributed by atoms with E-state index < -0.39 is 21.7 Å². The number of carbonyl (C=O) groups excluding carboxylic acids is 1. The number of nitrogens with zero attached hydrogens (tertiary/aromatic N) is 1. The predicted octanol–water partition coefficient (Wildman–Crippen LogP) is 5.14. The van der Waals surface area contributed by atoms with Gasteiger partial charge in [0.2, 0.25) is 0 Å². The minimum Gasteiger partial charge on any atom is -0.298 e. The van der Waals surface area contributed by atoms with Crippen LogP contribution in [0.5, 0.6) is 0 Å². The Bertz CT molecular complexity index is 1320. The number of thiazole rings is 1. The number of rotatable bonds is 5. The number of benzene rings is 3. The van der Waals surface area contributed by atoms with Crippen LogP contribution in [0.1, 0.15) is 10.4 Å². The zero-order chi connectivity index (χ0) is 21.3. The molecule has 1 amide bonds. The summed E-state index contributed by atoms with van der Waals surface area (Å²) in [4.78, 5) is 16.8. The Morgan fingerprint density at radius 2 is 1.77 bits per heavy atom. The van der Waals surface area contributed by atoms with Crippen molar-refractivity contribution in [1.82, 2.24) is 4.98 Å². The first-order chi connectivity index (χ1) is 14.3. The number of sulfonamides is 1. The molecule has 0 spiro atoms. The van der Waals surface area contributed by atoms with E-state index in [4.69, 9.17) is 11.6 Å². The molecule has 6 nitrogen and oxygen atoms in total. The molecule has 1 aromatic heterocycles. The topological polar surface area (TPSA) is 88.2 Å². The molecule has 0 radical (unpaired) electrons. The second-order valence-corrected chi connectivity index (χ2v) is 9.32. The molecule has 4 aromatic rings. The summed E-state index contributed by atoms with van der Waals surface area (Å²) in [5.41, 5.74) is 0.982. The molecule has 0 aliphatic rings. The van der Waals surface area contributed by atoms with Gasteiger partial charge in [-0.2, -0.15) is 0 Å². The molecule has 0 aliphatic heterocycles. The molecule has 3 aromatic carbocycles. The highest BCUT2D eigenvalue weighted by atomic mass is 35.5. The van der Waals surface area contributed by atoms with Gasteiger partial charge < -0.3 is 0 Å². The third-order valence-corrected chi connectivity index (χ3v) is 6.77. The maximum atomic E-state index is 13.1. The predicted molar refractivity (Wildman–Crippen MR) is 116 cm³/mol. The van der Waals surface area contributed by atoms with E-state index in [9.17, 15) is 17.6 Å². The number of nitrogens with one attached hydrogen (secondary N) is 2. The Morgan fingerprint density at radius 1 is 1.03 bits per heavy atom. The molecular weight excluding hydrogens is 449 g/mol. The normalized spacial score (nSPS) is 11.4. The third-order valence-electron chi connectivity index (χ3n) is 4.11. The van der Waals surface area contributed by atoms with Crippen molar-refractivity contribution in [1.29, 1.82) is 0 Å². The van der Waals surface area contributed by atoms with Gasteiger partial charge >= 0.3 is 0 Å². The SMILES string of the molecule is O=C(Nc1nc2ccccc2s1)c1ccc(Cl)c(NS(=O)(=O)c2ccc(F)cc2)c1. The van der Waals surface area contributed by atoms with Crippen molar-refractivity contribution in [3.8, 4) is 0 Å². The molecule has 152 valence electrons. The summed E-state index contributed by atoms with van der Waals surface area (Å²) in [6.07, 6.45) is 0. The zero-order valence-electron chi connectivity index (χ0n) is 15.1. The number of aromatic nitrogens is 1. The number of para-hydroxylation sites is 1. The molecule has 0 saturated heterocycles. The largest absolute Gasteiger partial charge is 0.298 e. The van der Waals surface area contributed by atoms with Crippen molar-refractivity contribution in [3.05, 3.63) is 83.1 Å². The highest BCUT2D eigenvalue weighted by Crippen LogP contribution is 2.28. The first kappa shape index (κ1) is 20.3. The minimum atomic E-state index is -4.01. The van der Waals surface area contributed by atoms with E-state index in [1.807, 2.05) is 24.3 Å². The summed E-state index contributed by atoms with van der Waals surface area (Å²) in [5, 5.41) is 3.23.